The molecule has 2 aromatic carbocycles. The summed E-state index contributed by atoms with van der Waals surface area (Å²) in [6, 6.07) is 14.0. The Kier molecular flexibility index (Phi) is 6.32. The third kappa shape index (κ3) is 5.02. The maximum atomic E-state index is 12.9. The SMILES string of the molecule is CC(C)Cc1ccc(C(=O)OCC(=O)N2c3ccccc3NC(=O)C[C@@H]2C)cc1. The molecule has 152 valence electrons. The van der Waals surface area contributed by atoms with Crippen molar-refractivity contribution in [1.29, 1.82) is 0 Å². The van der Waals surface area contributed by atoms with E-state index in [2.05, 4.69) is 19.2 Å². The van der Waals surface area contributed by atoms with E-state index in [1.54, 1.807) is 43.3 Å². The lowest BCUT2D eigenvalue weighted by atomic mass is 10.0. The molecule has 0 fully saturated rings. The standard InChI is InChI=1S/C23H26N2O4/c1-15(2)12-17-8-10-18(11-9-17)23(28)29-14-22(27)25-16(3)13-21(26)24-19-6-4-5-7-20(19)25/h4-11,15-16H,12-14H2,1-3H3,(H,24,26)/t16-/m0/s1. The van der Waals surface area contributed by atoms with Crippen molar-refractivity contribution in [2.24, 2.45) is 5.92 Å². The van der Waals surface area contributed by atoms with Gasteiger partial charge in [-0.15, -0.1) is 0 Å². The fraction of sp³-hybridized carbons (Fsp3) is 0.348. The van der Waals surface area contributed by atoms with Gasteiger partial charge in [0.05, 0.1) is 16.9 Å². The van der Waals surface area contributed by atoms with Gasteiger partial charge in [0.15, 0.2) is 6.61 Å². The molecule has 0 bridgehead atoms. The lowest BCUT2D eigenvalue weighted by Gasteiger charge is -2.27. The first-order valence-electron chi connectivity index (χ1n) is 9.82. The zero-order valence-corrected chi connectivity index (χ0v) is 17.0. The summed E-state index contributed by atoms with van der Waals surface area (Å²) in [7, 11) is 0. The minimum Gasteiger partial charge on any atom is -0.452 e. The molecule has 0 spiro atoms. The van der Waals surface area contributed by atoms with Crippen molar-refractivity contribution in [2.75, 3.05) is 16.8 Å². The predicted molar refractivity (Wildman–Crippen MR) is 112 cm³/mol. The highest BCUT2D eigenvalue weighted by Crippen LogP contribution is 2.31. The van der Waals surface area contributed by atoms with Gasteiger partial charge in [-0.3, -0.25) is 9.59 Å². The van der Waals surface area contributed by atoms with Gasteiger partial charge in [0.1, 0.15) is 0 Å². The number of para-hydroxylation sites is 2. The Balaban J connectivity index is 1.68. The molecular weight excluding hydrogens is 368 g/mol. The highest BCUT2D eigenvalue weighted by Gasteiger charge is 2.30. The van der Waals surface area contributed by atoms with Crippen molar-refractivity contribution in [1.82, 2.24) is 0 Å². The summed E-state index contributed by atoms with van der Waals surface area (Å²) < 4.78 is 5.26. The van der Waals surface area contributed by atoms with Gasteiger partial charge in [0.25, 0.3) is 5.91 Å². The molecule has 1 aliphatic rings. The molecule has 1 heterocycles. The lowest BCUT2D eigenvalue weighted by molar-refractivity contribution is -0.122. The van der Waals surface area contributed by atoms with E-state index in [4.69, 9.17) is 4.74 Å². The van der Waals surface area contributed by atoms with Crippen molar-refractivity contribution in [3.63, 3.8) is 0 Å². The number of esters is 1. The van der Waals surface area contributed by atoms with Crippen LogP contribution >= 0.6 is 0 Å². The number of fused-ring (bicyclic) bond motifs is 1. The minimum absolute atomic E-state index is 0.154. The second-order valence-corrected chi connectivity index (χ2v) is 7.75. The van der Waals surface area contributed by atoms with Gasteiger partial charge < -0.3 is 15.0 Å². The van der Waals surface area contributed by atoms with E-state index in [0.29, 0.717) is 22.9 Å². The Bertz CT molecular complexity index is 905. The first-order chi connectivity index (χ1) is 13.8. The van der Waals surface area contributed by atoms with E-state index in [1.165, 1.54) is 4.90 Å². The molecule has 0 aliphatic carbocycles. The van der Waals surface area contributed by atoms with Gasteiger partial charge in [0.2, 0.25) is 5.91 Å². The fourth-order valence-corrected chi connectivity index (χ4v) is 3.50. The number of rotatable bonds is 5. The summed E-state index contributed by atoms with van der Waals surface area (Å²) in [6.45, 7) is 5.69. The van der Waals surface area contributed by atoms with Crippen LogP contribution < -0.4 is 10.2 Å². The molecule has 0 aromatic heterocycles. The molecule has 2 aromatic rings. The molecule has 1 atom stereocenters. The maximum absolute atomic E-state index is 12.9. The molecule has 0 saturated carbocycles. The number of amides is 2. The van der Waals surface area contributed by atoms with Gasteiger partial charge in [-0.2, -0.15) is 0 Å². The normalized spacial score (nSPS) is 16.1. The van der Waals surface area contributed by atoms with Crippen molar-refractivity contribution >= 4 is 29.2 Å². The van der Waals surface area contributed by atoms with Crippen molar-refractivity contribution in [3.8, 4) is 0 Å². The Labute approximate surface area is 170 Å². The highest BCUT2D eigenvalue weighted by molar-refractivity contribution is 6.05. The Morgan fingerprint density at radius 2 is 1.83 bits per heavy atom. The third-order valence-corrected chi connectivity index (χ3v) is 4.79. The van der Waals surface area contributed by atoms with Crippen molar-refractivity contribution in [3.05, 3.63) is 59.7 Å². The Morgan fingerprint density at radius 3 is 2.52 bits per heavy atom. The van der Waals surface area contributed by atoms with E-state index in [-0.39, 0.29) is 30.9 Å². The van der Waals surface area contributed by atoms with Crippen LogP contribution in [-0.2, 0) is 20.7 Å². The zero-order chi connectivity index (χ0) is 21.0. The van der Waals surface area contributed by atoms with Crippen LogP contribution in [0.1, 0.15) is 43.1 Å². The predicted octanol–water partition coefficient (Wildman–Crippen LogP) is 3.81. The first kappa shape index (κ1) is 20.6. The molecule has 2 amide bonds. The van der Waals surface area contributed by atoms with Crippen LogP contribution in [-0.4, -0.2) is 30.4 Å². The summed E-state index contributed by atoms with van der Waals surface area (Å²) in [5.41, 5.74) is 2.73. The number of anilines is 2. The van der Waals surface area contributed by atoms with Crippen molar-refractivity contribution in [2.45, 2.75) is 39.7 Å². The van der Waals surface area contributed by atoms with E-state index in [0.717, 1.165) is 12.0 Å². The molecule has 29 heavy (non-hydrogen) atoms. The number of hydrogen-bond acceptors (Lipinski definition) is 4. The molecule has 0 saturated heterocycles. The van der Waals surface area contributed by atoms with E-state index in [9.17, 15) is 14.4 Å². The van der Waals surface area contributed by atoms with Crippen molar-refractivity contribution < 1.29 is 19.1 Å². The average Bonchev–Trinajstić information content (AvgIpc) is 2.80. The number of carbonyl (C=O) groups excluding carboxylic acids is 3. The number of nitrogens with one attached hydrogen (secondary N) is 1. The number of benzene rings is 2. The van der Waals surface area contributed by atoms with Crippen LogP contribution in [0.2, 0.25) is 0 Å². The highest BCUT2D eigenvalue weighted by atomic mass is 16.5. The summed E-state index contributed by atoms with van der Waals surface area (Å²) in [4.78, 5) is 38.8. The molecule has 6 nitrogen and oxygen atoms in total. The number of carbonyl (C=O) groups is 3. The molecule has 1 N–H and O–H groups in total. The van der Waals surface area contributed by atoms with Gasteiger partial charge in [-0.05, 0) is 49.1 Å². The minimum atomic E-state index is -0.542. The lowest BCUT2D eigenvalue weighted by Crippen LogP contribution is -2.41. The number of ether oxygens (including phenoxy) is 1. The third-order valence-electron chi connectivity index (χ3n) is 4.79. The topological polar surface area (TPSA) is 75.7 Å². The van der Waals surface area contributed by atoms with Gasteiger partial charge in [-0.25, -0.2) is 4.79 Å². The summed E-state index contributed by atoms with van der Waals surface area (Å²) in [5, 5.41) is 2.81. The monoisotopic (exact) mass is 394 g/mol. The Hall–Kier alpha value is -3.15. The fourth-order valence-electron chi connectivity index (χ4n) is 3.50. The van der Waals surface area contributed by atoms with Crippen LogP contribution in [0.15, 0.2) is 48.5 Å². The van der Waals surface area contributed by atoms with Crippen LogP contribution in [0, 0.1) is 5.92 Å². The summed E-state index contributed by atoms with van der Waals surface area (Å²) >= 11 is 0. The van der Waals surface area contributed by atoms with Crippen LogP contribution in [0.4, 0.5) is 11.4 Å². The zero-order valence-electron chi connectivity index (χ0n) is 17.0. The van der Waals surface area contributed by atoms with Gasteiger partial charge in [0, 0.05) is 12.5 Å². The average molecular weight is 394 g/mol. The molecular formula is C23H26N2O4. The maximum Gasteiger partial charge on any atom is 0.338 e. The summed E-state index contributed by atoms with van der Waals surface area (Å²) in [6.07, 6.45) is 1.11. The molecule has 0 radical (unpaired) electrons. The quantitative estimate of drug-likeness (QED) is 0.783. The van der Waals surface area contributed by atoms with Crippen LogP contribution in [0.25, 0.3) is 0 Å². The van der Waals surface area contributed by atoms with E-state index in [1.807, 2.05) is 12.1 Å². The van der Waals surface area contributed by atoms with E-state index >= 15 is 0 Å². The smallest absolute Gasteiger partial charge is 0.338 e. The van der Waals surface area contributed by atoms with Crippen LogP contribution in [0.3, 0.4) is 0 Å². The first-order valence-corrected chi connectivity index (χ1v) is 9.82. The largest absolute Gasteiger partial charge is 0.452 e. The molecule has 0 unspecified atom stereocenters. The van der Waals surface area contributed by atoms with Crippen LogP contribution in [0.5, 0.6) is 0 Å². The molecule has 6 heteroatoms. The summed E-state index contributed by atoms with van der Waals surface area (Å²) in [5.74, 6) is -0.533. The molecule has 3 rings (SSSR count). The van der Waals surface area contributed by atoms with Gasteiger partial charge >= 0.3 is 5.97 Å². The number of hydrogen-bond donors (Lipinski definition) is 1. The second-order valence-electron chi connectivity index (χ2n) is 7.75. The van der Waals surface area contributed by atoms with E-state index < -0.39 is 5.97 Å². The van der Waals surface area contributed by atoms with Gasteiger partial charge in [-0.1, -0.05) is 38.1 Å². The second kappa shape index (κ2) is 8.90. The molecule has 1 aliphatic heterocycles. The Morgan fingerprint density at radius 1 is 1.14 bits per heavy atom. The number of nitrogens with zero attached hydrogens (tertiary/aromatic N) is 1.